The van der Waals surface area contributed by atoms with Crippen molar-refractivity contribution < 1.29 is 4.79 Å². The molecule has 4 rings (SSSR count). The molecule has 2 aliphatic rings. The number of aromatic amines is 1. The Bertz CT molecular complexity index is 712. The van der Waals surface area contributed by atoms with Crippen LogP contribution in [0.2, 0.25) is 0 Å². The molecule has 1 aromatic carbocycles. The van der Waals surface area contributed by atoms with Gasteiger partial charge in [-0.3, -0.25) is 4.79 Å². The van der Waals surface area contributed by atoms with Crippen molar-refractivity contribution in [2.75, 3.05) is 26.2 Å². The summed E-state index contributed by atoms with van der Waals surface area (Å²) in [7, 11) is 0. The summed E-state index contributed by atoms with van der Waals surface area (Å²) in [6, 6.07) is 6.15. The summed E-state index contributed by atoms with van der Waals surface area (Å²) in [5.41, 5.74) is 4.81. The molecule has 116 valence electrons. The number of carbonyl (C=O) groups excluding carboxylic acids is 1. The Morgan fingerprint density at radius 2 is 2.09 bits per heavy atom. The molecule has 2 N–H and O–H groups in total. The summed E-state index contributed by atoms with van der Waals surface area (Å²) in [6.45, 7) is 5.71. The Kier molecular flexibility index (Phi) is 3.41. The van der Waals surface area contributed by atoms with E-state index in [1.165, 1.54) is 28.6 Å². The van der Waals surface area contributed by atoms with Crippen LogP contribution in [0.25, 0.3) is 10.9 Å². The number of hydrogen-bond acceptors (Lipinski definition) is 2. The van der Waals surface area contributed by atoms with Gasteiger partial charge in [-0.1, -0.05) is 6.92 Å². The largest absolute Gasteiger partial charge is 0.358 e. The van der Waals surface area contributed by atoms with Gasteiger partial charge in [0.05, 0.1) is 0 Å². The second-order valence-corrected chi connectivity index (χ2v) is 6.73. The Morgan fingerprint density at radius 1 is 1.27 bits per heavy atom. The fraction of sp³-hybridized carbons (Fsp3) is 0.500. The van der Waals surface area contributed by atoms with Crippen molar-refractivity contribution in [3.63, 3.8) is 0 Å². The van der Waals surface area contributed by atoms with Crippen LogP contribution >= 0.6 is 0 Å². The maximum atomic E-state index is 12.7. The second-order valence-electron chi connectivity index (χ2n) is 6.73. The topological polar surface area (TPSA) is 48.1 Å². The van der Waals surface area contributed by atoms with Gasteiger partial charge < -0.3 is 15.2 Å². The summed E-state index contributed by atoms with van der Waals surface area (Å²) >= 11 is 0. The zero-order valence-electron chi connectivity index (χ0n) is 13.1. The van der Waals surface area contributed by atoms with Crippen LogP contribution in [0.15, 0.2) is 18.2 Å². The monoisotopic (exact) mass is 297 g/mol. The Balaban J connectivity index is 1.70. The third-order valence-electron chi connectivity index (χ3n) is 5.09. The van der Waals surface area contributed by atoms with E-state index >= 15 is 0 Å². The highest BCUT2D eigenvalue weighted by atomic mass is 16.2. The van der Waals surface area contributed by atoms with Crippen LogP contribution in [0.3, 0.4) is 0 Å². The van der Waals surface area contributed by atoms with E-state index in [9.17, 15) is 4.79 Å². The summed E-state index contributed by atoms with van der Waals surface area (Å²) < 4.78 is 0. The van der Waals surface area contributed by atoms with E-state index in [2.05, 4.69) is 29.4 Å². The van der Waals surface area contributed by atoms with Gasteiger partial charge in [-0.25, -0.2) is 0 Å². The van der Waals surface area contributed by atoms with Gasteiger partial charge >= 0.3 is 0 Å². The van der Waals surface area contributed by atoms with E-state index in [0.717, 1.165) is 50.5 Å². The number of aryl methyl sites for hydroxylation is 1. The van der Waals surface area contributed by atoms with Crippen LogP contribution in [0.1, 0.15) is 35.0 Å². The fourth-order valence-corrected chi connectivity index (χ4v) is 3.77. The Morgan fingerprint density at radius 3 is 2.91 bits per heavy atom. The fourth-order valence-electron chi connectivity index (χ4n) is 3.77. The number of carbonyl (C=O) groups is 1. The molecule has 4 nitrogen and oxygen atoms in total. The Labute approximate surface area is 130 Å². The molecule has 22 heavy (non-hydrogen) atoms. The van der Waals surface area contributed by atoms with Crippen molar-refractivity contribution in [1.82, 2.24) is 15.2 Å². The third kappa shape index (κ3) is 2.31. The van der Waals surface area contributed by atoms with Crippen LogP contribution in [-0.4, -0.2) is 42.0 Å². The number of aromatic nitrogens is 1. The molecule has 1 aromatic heterocycles. The van der Waals surface area contributed by atoms with Gasteiger partial charge in [0.1, 0.15) is 0 Å². The maximum absolute atomic E-state index is 12.7. The summed E-state index contributed by atoms with van der Waals surface area (Å²) in [5.74, 6) is 0.904. The molecule has 0 radical (unpaired) electrons. The first kappa shape index (κ1) is 13.8. The quantitative estimate of drug-likeness (QED) is 0.849. The zero-order chi connectivity index (χ0) is 15.1. The number of H-pyrrole nitrogens is 1. The van der Waals surface area contributed by atoms with Crippen LogP contribution < -0.4 is 5.32 Å². The first-order valence-electron chi connectivity index (χ1n) is 8.36. The average Bonchev–Trinajstić information content (AvgIpc) is 2.92. The van der Waals surface area contributed by atoms with Crippen LogP contribution in [-0.2, 0) is 12.8 Å². The van der Waals surface area contributed by atoms with Crippen molar-refractivity contribution >= 4 is 16.8 Å². The Hall–Kier alpha value is -1.81. The van der Waals surface area contributed by atoms with Crippen LogP contribution in [0.5, 0.6) is 0 Å². The molecule has 1 atom stereocenters. The summed E-state index contributed by atoms with van der Waals surface area (Å²) in [6.07, 6.45) is 3.51. The van der Waals surface area contributed by atoms with Crippen LogP contribution in [0.4, 0.5) is 0 Å². The summed E-state index contributed by atoms with van der Waals surface area (Å²) in [4.78, 5) is 18.2. The number of rotatable bonds is 1. The van der Waals surface area contributed by atoms with E-state index in [0.29, 0.717) is 0 Å². The van der Waals surface area contributed by atoms with Gasteiger partial charge in [-0.2, -0.15) is 0 Å². The number of hydrogen-bond donors (Lipinski definition) is 2. The average molecular weight is 297 g/mol. The van der Waals surface area contributed by atoms with Gasteiger partial charge in [0.2, 0.25) is 0 Å². The molecule has 2 aromatic rings. The lowest BCUT2D eigenvalue weighted by Gasteiger charge is -2.27. The van der Waals surface area contributed by atoms with Gasteiger partial charge in [0.25, 0.3) is 5.91 Å². The predicted octanol–water partition coefficient (Wildman–Crippen LogP) is 2.34. The summed E-state index contributed by atoms with van der Waals surface area (Å²) in [5, 5.41) is 4.55. The molecule has 1 amide bonds. The van der Waals surface area contributed by atoms with Crippen molar-refractivity contribution in [3.8, 4) is 0 Å². The van der Waals surface area contributed by atoms with Crippen molar-refractivity contribution in [3.05, 3.63) is 35.0 Å². The number of amides is 1. The lowest BCUT2D eigenvalue weighted by Crippen LogP contribution is -2.46. The molecule has 1 aliphatic carbocycles. The van der Waals surface area contributed by atoms with E-state index in [1.807, 2.05) is 11.0 Å². The van der Waals surface area contributed by atoms with E-state index < -0.39 is 0 Å². The normalized spacial score (nSPS) is 21.9. The predicted molar refractivity (Wildman–Crippen MR) is 88.3 cm³/mol. The van der Waals surface area contributed by atoms with Gasteiger partial charge in [-0.15, -0.1) is 0 Å². The standard InChI is InChI=1S/C18H23N3O/c1-12-2-4-16-14(10-12)15-11-13(3-5-17(15)20-16)18(22)21-8-6-19-7-9-21/h3,5,11-12,19-20H,2,4,6-10H2,1H3. The highest BCUT2D eigenvalue weighted by Gasteiger charge is 2.22. The first-order valence-corrected chi connectivity index (χ1v) is 8.36. The minimum Gasteiger partial charge on any atom is -0.358 e. The van der Waals surface area contributed by atoms with Crippen molar-refractivity contribution in [2.24, 2.45) is 5.92 Å². The van der Waals surface area contributed by atoms with Crippen molar-refractivity contribution in [2.45, 2.75) is 26.2 Å². The molecular formula is C18H23N3O. The lowest BCUT2D eigenvalue weighted by atomic mass is 9.87. The SMILES string of the molecule is CC1CCc2[nH]c3ccc(C(=O)N4CCNCC4)cc3c2C1. The van der Waals surface area contributed by atoms with E-state index in [-0.39, 0.29) is 5.91 Å². The molecule has 0 bridgehead atoms. The maximum Gasteiger partial charge on any atom is 0.253 e. The highest BCUT2D eigenvalue weighted by molar-refractivity contribution is 5.99. The molecule has 0 saturated carbocycles. The third-order valence-corrected chi connectivity index (χ3v) is 5.09. The number of piperazine rings is 1. The van der Waals surface area contributed by atoms with Gasteiger partial charge in [0, 0.05) is 48.3 Å². The minimum atomic E-state index is 0.169. The van der Waals surface area contributed by atoms with Gasteiger partial charge in [0.15, 0.2) is 0 Å². The van der Waals surface area contributed by atoms with E-state index in [4.69, 9.17) is 0 Å². The van der Waals surface area contributed by atoms with E-state index in [1.54, 1.807) is 0 Å². The molecule has 1 fully saturated rings. The highest BCUT2D eigenvalue weighted by Crippen LogP contribution is 2.32. The minimum absolute atomic E-state index is 0.169. The number of nitrogens with zero attached hydrogens (tertiary/aromatic N) is 1. The van der Waals surface area contributed by atoms with Crippen molar-refractivity contribution in [1.29, 1.82) is 0 Å². The number of benzene rings is 1. The molecule has 1 saturated heterocycles. The molecule has 4 heteroatoms. The van der Waals surface area contributed by atoms with Gasteiger partial charge in [-0.05, 0) is 48.9 Å². The molecule has 2 heterocycles. The molecule has 0 spiro atoms. The first-order chi connectivity index (χ1) is 10.7. The molecule has 1 aliphatic heterocycles. The lowest BCUT2D eigenvalue weighted by molar-refractivity contribution is 0.0736. The smallest absolute Gasteiger partial charge is 0.253 e. The van der Waals surface area contributed by atoms with Crippen LogP contribution in [0, 0.1) is 5.92 Å². The molecule has 1 unspecified atom stereocenters. The molecular weight excluding hydrogens is 274 g/mol. The number of nitrogens with one attached hydrogen (secondary N) is 2. The second kappa shape index (κ2) is 5.43. The number of fused-ring (bicyclic) bond motifs is 3. The zero-order valence-corrected chi connectivity index (χ0v) is 13.1.